The van der Waals surface area contributed by atoms with Crippen LogP contribution in [0.25, 0.3) is 0 Å². The SMILES string of the molecule is Cc1cc(NC(=O)CCc2ccc(N3C(N)=NC(N)=NC3(C)C)cc2)ccc1S(=O)(=O)F.O=P(O)(O)O. The second-order valence-electron chi connectivity index (χ2n) is 8.42. The Balaban J connectivity index is 0.000000877. The van der Waals surface area contributed by atoms with E-state index in [1.165, 1.54) is 19.1 Å². The maximum Gasteiger partial charge on any atom is 0.466 e. The zero-order valence-corrected chi connectivity index (χ0v) is 21.9. The average Bonchev–Trinajstić information content (AvgIpc) is 2.69. The van der Waals surface area contributed by atoms with E-state index in [-0.39, 0.29) is 29.8 Å². The minimum Gasteiger partial charge on any atom is -0.369 e. The minimum atomic E-state index is -4.79. The highest BCUT2D eigenvalue weighted by molar-refractivity contribution is 7.86. The van der Waals surface area contributed by atoms with Gasteiger partial charge in [0, 0.05) is 17.8 Å². The third kappa shape index (κ3) is 9.22. The van der Waals surface area contributed by atoms with Crippen LogP contribution in [0.2, 0.25) is 0 Å². The molecule has 0 saturated carbocycles. The molecule has 8 N–H and O–H groups in total. The molecular weight excluding hydrogens is 530 g/mol. The highest BCUT2D eigenvalue weighted by Crippen LogP contribution is 2.28. The molecular formula is C21H28FN6O7PS. The number of hydrogen-bond donors (Lipinski definition) is 6. The van der Waals surface area contributed by atoms with Crippen LogP contribution >= 0.6 is 7.82 Å². The molecule has 37 heavy (non-hydrogen) atoms. The lowest BCUT2D eigenvalue weighted by atomic mass is 10.1. The lowest BCUT2D eigenvalue weighted by Crippen LogP contribution is -2.54. The second-order valence-corrected chi connectivity index (χ2v) is 10.8. The highest BCUT2D eigenvalue weighted by Gasteiger charge is 2.32. The van der Waals surface area contributed by atoms with Crippen LogP contribution in [-0.4, -0.2) is 46.6 Å². The first-order chi connectivity index (χ1) is 16.9. The number of phosphoric acid groups is 1. The van der Waals surface area contributed by atoms with Gasteiger partial charge in [-0.15, -0.1) is 3.89 Å². The summed E-state index contributed by atoms with van der Waals surface area (Å²) in [6, 6.07) is 11.4. The standard InChI is InChI=1S/C21H25FN6O3S.H3O4P/c1-13-12-15(7-10-17(13)32(22,30)31)25-18(29)11-6-14-4-8-16(9-5-14)28-20(24)26-19(23)27-21(28,2)3;1-5(2,3)4/h4-5,7-10,12H,6,11H2,1-3H3,(H,25,29)(H4,23,24,26,27);(H3,1,2,3,4). The molecule has 1 aliphatic heterocycles. The van der Waals surface area contributed by atoms with Crippen LogP contribution in [0.5, 0.6) is 0 Å². The van der Waals surface area contributed by atoms with Crippen LogP contribution in [0, 0.1) is 6.92 Å². The van der Waals surface area contributed by atoms with Crippen molar-refractivity contribution in [2.45, 2.75) is 44.2 Å². The zero-order valence-electron chi connectivity index (χ0n) is 20.2. The molecule has 1 amide bonds. The van der Waals surface area contributed by atoms with Crippen molar-refractivity contribution >= 4 is 47.2 Å². The normalized spacial score (nSPS) is 15.2. The molecule has 0 radical (unpaired) electrons. The van der Waals surface area contributed by atoms with E-state index in [4.69, 9.17) is 30.7 Å². The maximum atomic E-state index is 13.2. The molecule has 0 atom stereocenters. The van der Waals surface area contributed by atoms with Gasteiger partial charge in [-0.3, -0.25) is 9.69 Å². The Labute approximate surface area is 213 Å². The van der Waals surface area contributed by atoms with E-state index >= 15 is 0 Å². The fraction of sp³-hybridized carbons (Fsp3) is 0.286. The number of aliphatic imine (C=N–C) groups is 2. The van der Waals surface area contributed by atoms with Gasteiger partial charge in [-0.05, 0) is 68.7 Å². The van der Waals surface area contributed by atoms with Crippen LogP contribution in [0.15, 0.2) is 57.3 Å². The van der Waals surface area contributed by atoms with Crippen LogP contribution in [0.3, 0.4) is 0 Å². The van der Waals surface area contributed by atoms with E-state index in [1.54, 1.807) is 4.90 Å². The minimum absolute atomic E-state index is 0.127. The molecule has 2 aromatic rings. The summed E-state index contributed by atoms with van der Waals surface area (Å²) in [6.45, 7) is 5.21. The summed E-state index contributed by atoms with van der Waals surface area (Å²) >= 11 is 0. The molecule has 0 aromatic heterocycles. The van der Waals surface area contributed by atoms with Gasteiger partial charge in [0.15, 0.2) is 0 Å². The number of halogens is 1. The number of amides is 1. The van der Waals surface area contributed by atoms with Gasteiger partial charge in [-0.2, -0.15) is 13.4 Å². The Bertz CT molecular complexity index is 1370. The molecule has 1 heterocycles. The second kappa shape index (κ2) is 11.4. The largest absolute Gasteiger partial charge is 0.466 e. The summed E-state index contributed by atoms with van der Waals surface area (Å²) in [7, 11) is -9.43. The van der Waals surface area contributed by atoms with Gasteiger partial charge in [0.2, 0.25) is 17.8 Å². The third-order valence-corrected chi connectivity index (χ3v) is 5.93. The number of nitrogens with one attached hydrogen (secondary N) is 1. The Morgan fingerprint density at radius 3 is 2.19 bits per heavy atom. The van der Waals surface area contributed by atoms with Crippen LogP contribution < -0.4 is 21.7 Å². The Morgan fingerprint density at radius 2 is 1.70 bits per heavy atom. The summed E-state index contributed by atoms with van der Waals surface area (Å²) in [4.78, 5) is 43.5. The van der Waals surface area contributed by atoms with Crippen molar-refractivity contribution in [1.29, 1.82) is 0 Å². The maximum absolute atomic E-state index is 13.2. The monoisotopic (exact) mass is 558 g/mol. The number of nitrogens with two attached hydrogens (primary N) is 2. The molecule has 0 bridgehead atoms. The first-order valence-electron chi connectivity index (χ1n) is 10.6. The van der Waals surface area contributed by atoms with E-state index in [0.717, 1.165) is 17.3 Å². The number of guanidine groups is 2. The summed E-state index contributed by atoms with van der Waals surface area (Å²) < 4.78 is 44.2. The molecule has 0 unspecified atom stereocenters. The van der Waals surface area contributed by atoms with Crippen LogP contribution in [-0.2, 0) is 26.0 Å². The number of aryl methyl sites for hydroxylation is 2. The van der Waals surface area contributed by atoms with Crippen molar-refractivity contribution in [3.63, 3.8) is 0 Å². The predicted molar refractivity (Wildman–Crippen MR) is 137 cm³/mol. The van der Waals surface area contributed by atoms with Crippen molar-refractivity contribution in [1.82, 2.24) is 0 Å². The quantitative estimate of drug-likeness (QED) is 0.221. The molecule has 0 fully saturated rings. The van der Waals surface area contributed by atoms with Gasteiger partial charge in [-0.1, -0.05) is 12.1 Å². The van der Waals surface area contributed by atoms with E-state index in [1.807, 2.05) is 38.1 Å². The first-order valence-corrected chi connectivity index (χ1v) is 13.5. The number of hydrogen-bond acceptors (Lipinski definition) is 9. The van der Waals surface area contributed by atoms with Crippen molar-refractivity contribution in [2.75, 3.05) is 10.2 Å². The topological polar surface area (TPSA) is 221 Å². The molecule has 2 aromatic carbocycles. The van der Waals surface area contributed by atoms with Crippen molar-refractivity contribution < 1.29 is 36.3 Å². The number of benzene rings is 2. The van der Waals surface area contributed by atoms with Gasteiger partial charge in [0.25, 0.3) is 0 Å². The number of nitrogens with zero attached hydrogens (tertiary/aromatic N) is 3. The van der Waals surface area contributed by atoms with Gasteiger partial charge < -0.3 is 31.5 Å². The zero-order chi connectivity index (χ0) is 28.2. The molecule has 16 heteroatoms. The van der Waals surface area contributed by atoms with Crippen molar-refractivity contribution in [3.05, 3.63) is 53.6 Å². The summed E-state index contributed by atoms with van der Waals surface area (Å²) in [6.07, 6.45) is 0.696. The molecule has 0 saturated heterocycles. The molecule has 0 aliphatic carbocycles. The molecule has 0 spiro atoms. The lowest BCUT2D eigenvalue weighted by Gasteiger charge is -2.38. The van der Waals surface area contributed by atoms with Gasteiger partial charge >= 0.3 is 18.0 Å². The number of rotatable bonds is 6. The van der Waals surface area contributed by atoms with Crippen LogP contribution in [0.4, 0.5) is 15.3 Å². The summed E-state index contributed by atoms with van der Waals surface area (Å²) in [5, 5.41) is 2.69. The fourth-order valence-corrected chi connectivity index (χ4v) is 4.22. The molecule has 3 rings (SSSR count). The first kappa shape index (κ1) is 29.9. The van der Waals surface area contributed by atoms with Crippen LogP contribution in [0.1, 0.15) is 31.4 Å². The summed E-state index contributed by atoms with van der Waals surface area (Å²) in [5.41, 5.74) is 13.4. The van der Waals surface area contributed by atoms with E-state index < -0.39 is 28.6 Å². The van der Waals surface area contributed by atoms with Crippen molar-refractivity contribution in [2.24, 2.45) is 21.5 Å². The number of carbonyl (C=O) groups is 1. The summed E-state index contributed by atoms with van der Waals surface area (Å²) in [5.74, 6) is 0.127. The predicted octanol–water partition coefficient (Wildman–Crippen LogP) is 1.48. The van der Waals surface area contributed by atoms with E-state index in [0.29, 0.717) is 12.1 Å². The molecule has 13 nitrogen and oxygen atoms in total. The number of carbonyl (C=O) groups excluding carboxylic acids is 1. The highest BCUT2D eigenvalue weighted by atomic mass is 32.3. The van der Waals surface area contributed by atoms with Gasteiger partial charge in [-0.25, -0.2) is 9.56 Å². The Hall–Kier alpha value is -3.36. The van der Waals surface area contributed by atoms with E-state index in [2.05, 4.69) is 15.3 Å². The smallest absolute Gasteiger partial charge is 0.369 e. The van der Waals surface area contributed by atoms with Crippen molar-refractivity contribution in [3.8, 4) is 0 Å². The fourth-order valence-electron chi connectivity index (χ4n) is 3.54. The third-order valence-electron chi connectivity index (χ3n) is 4.95. The van der Waals surface area contributed by atoms with Gasteiger partial charge in [0.1, 0.15) is 10.6 Å². The lowest BCUT2D eigenvalue weighted by molar-refractivity contribution is -0.116. The Morgan fingerprint density at radius 1 is 1.14 bits per heavy atom. The van der Waals surface area contributed by atoms with E-state index in [9.17, 15) is 17.1 Å². The molecule has 1 aliphatic rings. The van der Waals surface area contributed by atoms with Gasteiger partial charge in [0.05, 0.1) is 0 Å². The average molecular weight is 559 g/mol. The number of anilines is 2. The Kier molecular flexibility index (Phi) is 9.17. The molecule has 202 valence electrons.